The molecule has 0 saturated heterocycles. The van der Waals surface area contributed by atoms with E-state index in [4.69, 9.17) is 4.74 Å². The molecule has 2 aromatic carbocycles. The number of benzene rings is 2. The van der Waals surface area contributed by atoms with Crippen LogP contribution in [0.25, 0.3) is 10.9 Å². The Bertz CT molecular complexity index is 1160. The van der Waals surface area contributed by atoms with Crippen LogP contribution < -0.4 is 10.2 Å². The molecule has 180 valence electrons. The van der Waals surface area contributed by atoms with Crippen molar-refractivity contribution >= 4 is 34.3 Å². The molecule has 0 unspecified atom stereocenters. The topological polar surface area (TPSA) is 71.5 Å². The van der Waals surface area contributed by atoms with Crippen LogP contribution in [-0.4, -0.2) is 36.6 Å². The van der Waals surface area contributed by atoms with Crippen molar-refractivity contribution in [3.8, 4) is 0 Å². The van der Waals surface area contributed by atoms with Gasteiger partial charge in [0.1, 0.15) is 12.4 Å². The first-order valence-electron chi connectivity index (χ1n) is 10.8. The van der Waals surface area contributed by atoms with Crippen LogP contribution in [0, 0.1) is 0 Å². The van der Waals surface area contributed by atoms with E-state index >= 15 is 0 Å². The molecule has 3 rings (SSSR count). The van der Waals surface area contributed by atoms with Crippen LogP contribution in [0.3, 0.4) is 0 Å². The minimum atomic E-state index is -4.38. The molecule has 6 nitrogen and oxygen atoms in total. The molecule has 0 radical (unpaired) electrons. The van der Waals surface area contributed by atoms with Crippen LogP contribution in [0.5, 0.6) is 0 Å². The van der Waals surface area contributed by atoms with E-state index in [1.807, 2.05) is 37.1 Å². The van der Waals surface area contributed by atoms with Gasteiger partial charge in [0.15, 0.2) is 0 Å². The SMILES string of the molecule is CC(=O)OC[C@@H](C)N(C)c1ccc2cc(NC(=O)CCc3ccc(C(F)(F)F)cc3)ccc2n1. The Balaban J connectivity index is 1.59. The van der Waals surface area contributed by atoms with Gasteiger partial charge in [0.05, 0.1) is 17.1 Å². The highest BCUT2D eigenvalue weighted by molar-refractivity contribution is 5.94. The summed E-state index contributed by atoms with van der Waals surface area (Å²) in [4.78, 5) is 29.9. The number of aryl methyl sites for hydroxylation is 1. The number of carbonyl (C=O) groups excluding carboxylic acids is 2. The number of likely N-dealkylation sites (N-methyl/N-ethyl adjacent to an activating group) is 1. The van der Waals surface area contributed by atoms with Gasteiger partial charge in [0.25, 0.3) is 0 Å². The van der Waals surface area contributed by atoms with Crippen molar-refractivity contribution in [3.05, 3.63) is 65.7 Å². The Morgan fingerprint density at radius 1 is 1.09 bits per heavy atom. The summed E-state index contributed by atoms with van der Waals surface area (Å²) in [7, 11) is 1.87. The minimum absolute atomic E-state index is 0.0583. The molecule has 0 fully saturated rings. The molecule has 0 bridgehead atoms. The molecule has 1 heterocycles. The van der Waals surface area contributed by atoms with Crippen LogP contribution in [-0.2, 0) is 26.9 Å². The maximum Gasteiger partial charge on any atom is 0.416 e. The zero-order chi connectivity index (χ0) is 24.9. The molecule has 9 heteroatoms. The number of nitrogens with one attached hydrogen (secondary N) is 1. The van der Waals surface area contributed by atoms with Crippen LogP contribution in [0.15, 0.2) is 54.6 Å². The number of hydrogen-bond donors (Lipinski definition) is 1. The Morgan fingerprint density at radius 2 is 1.79 bits per heavy atom. The second kappa shape index (κ2) is 10.5. The summed E-state index contributed by atoms with van der Waals surface area (Å²) in [6.45, 7) is 3.55. The molecular weight excluding hydrogens is 447 g/mol. The number of alkyl halides is 3. The summed E-state index contributed by atoms with van der Waals surface area (Å²) < 4.78 is 43.0. The van der Waals surface area contributed by atoms with Gasteiger partial charge in [-0.05, 0) is 61.4 Å². The maximum atomic E-state index is 12.7. The van der Waals surface area contributed by atoms with Gasteiger partial charge in [-0.3, -0.25) is 9.59 Å². The summed E-state index contributed by atoms with van der Waals surface area (Å²) in [5.41, 5.74) is 1.30. The van der Waals surface area contributed by atoms with Crippen molar-refractivity contribution in [1.82, 2.24) is 4.98 Å². The number of amides is 1. The first kappa shape index (κ1) is 25.0. The summed E-state index contributed by atoms with van der Waals surface area (Å²) in [5, 5.41) is 3.66. The predicted molar refractivity (Wildman–Crippen MR) is 125 cm³/mol. The molecule has 0 aliphatic carbocycles. The Kier molecular flexibility index (Phi) is 7.75. The molecule has 3 aromatic rings. The lowest BCUT2D eigenvalue weighted by atomic mass is 10.1. The number of nitrogens with zero attached hydrogens (tertiary/aromatic N) is 2. The lowest BCUT2D eigenvalue weighted by Gasteiger charge is -2.25. The van der Waals surface area contributed by atoms with E-state index in [1.54, 1.807) is 12.1 Å². The largest absolute Gasteiger partial charge is 0.464 e. The van der Waals surface area contributed by atoms with E-state index in [0.29, 0.717) is 17.7 Å². The van der Waals surface area contributed by atoms with Crippen molar-refractivity contribution in [2.24, 2.45) is 0 Å². The van der Waals surface area contributed by atoms with Crippen LogP contribution in [0.4, 0.5) is 24.7 Å². The van der Waals surface area contributed by atoms with Gasteiger partial charge >= 0.3 is 12.1 Å². The van der Waals surface area contributed by atoms with Gasteiger partial charge in [0, 0.05) is 31.5 Å². The maximum absolute atomic E-state index is 12.7. The fourth-order valence-corrected chi connectivity index (χ4v) is 3.31. The standard InChI is InChI=1S/C25H26F3N3O3/c1-16(15-34-17(2)32)31(3)23-12-7-19-14-21(10-11-22(19)30-23)29-24(33)13-6-18-4-8-20(9-5-18)25(26,27)28/h4-5,7-12,14,16H,6,13,15H2,1-3H3,(H,29,33)/t16-/m1/s1. The number of carbonyl (C=O) groups is 2. The van der Waals surface area contributed by atoms with Crippen molar-refractivity contribution in [2.45, 2.75) is 38.9 Å². The minimum Gasteiger partial charge on any atom is -0.464 e. The quantitative estimate of drug-likeness (QED) is 0.455. The van der Waals surface area contributed by atoms with E-state index in [1.165, 1.54) is 19.1 Å². The normalized spacial score (nSPS) is 12.3. The fourth-order valence-electron chi connectivity index (χ4n) is 3.31. The summed E-state index contributed by atoms with van der Waals surface area (Å²) in [5.74, 6) is 0.156. The number of aromatic nitrogens is 1. The number of rotatable bonds is 8. The van der Waals surface area contributed by atoms with Gasteiger partial charge in [-0.15, -0.1) is 0 Å². The zero-order valence-electron chi connectivity index (χ0n) is 19.1. The smallest absolute Gasteiger partial charge is 0.416 e. The molecule has 0 aliphatic rings. The molecular formula is C25H26F3N3O3. The second-order valence-electron chi connectivity index (χ2n) is 8.08. The molecule has 1 atom stereocenters. The average molecular weight is 473 g/mol. The Labute approximate surface area is 195 Å². The number of fused-ring (bicyclic) bond motifs is 1. The Hall–Kier alpha value is -3.62. The summed E-state index contributed by atoms with van der Waals surface area (Å²) in [6.07, 6.45) is -3.90. The molecule has 1 aromatic heterocycles. The first-order valence-corrected chi connectivity index (χ1v) is 10.8. The molecule has 1 amide bonds. The summed E-state index contributed by atoms with van der Waals surface area (Å²) >= 11 is 0. The third-order valence-electron chi connectivity index (χ3n) is 5.43. The number of pyridine rings is 1. The summed E-state index contributed by atoms with van der Waals surface area (Å²) in [6, 6.07) is 13.9. The fraction of sp³-hybridized carbons (Fsp3) is 0.320. The van der Waals surface area contributed by atoms with E-state index in [9.17, 15) is 22.8 Å². The van der Waals surface area contributed by atoms with Crippen LogP contribution in [0.2, 0.25) is 0 Å². The second-order valence-corrected chi connectivity index (χ2v) is 8.08. The van der Waals surface area contributed by atoms with E-state index in [0.717, 1.165) is 28.9 Å². The lowest BCUT2D eigenvalue weighted by molar-refractivity contribution is -0.141. The van der Waals surface area contributed by atoms with E-state index in [2.05, 4.69) is 10.3 Å². The first-order chi connectivity index (χ1) is 16.0. The van der Waals surface area contributed by atoms with Crippen molar-refractivity contribution in [2.75, 3.05) is 23.9 Å². The highest BCUT2D eigenvalue weighted by atomic mass is 19.4. The molecule has 0 spiro atoms. The van der Waals surface area contributed by atoms with Gasteiger partial charge in [0.2, 0.25) is 5.91 Å². The number of anilines is 2. The van der Waals surface area contributed by atoms with Gasteiger partial charge in [-0.1, -0.05) is 12.1 Å². The number of ether oxygens (including phenoxy) is 1. The predicted octanol–water partition coefficient (Wildman–Crippen LogP) is 5.21. The van der Waals surface area contributed by atoms with Crippen molar-refractivity contribution in [3.63, 3.8) is 0 Å². The monoisotopic (exact) mass is 473 g/mol. The third-order valence-corrected chi connectivity index (χ3v) is 5.43. The van der Waals surface area contributed by atoms with E-state index < -0.39 is 11.7 Å². The van der Waals surface area contributed by atoms with Crippen LogP contribution in [0.1, 0.15) is 31.4 Å². The van der Waals surface area contributed by atoms with Gasteiger partial charge in [-0.25, -0.2) is 4.98 Å². The Morgan fingerprint density at radius 3 is 2.44 bits per heavy atom. The van der Waals surface area contributed by atoms with Crippen molar-refractivity contribution < 1.29 is 27.5 Å². The average Bonchev–Trinajstić information content (AvgIpc) is 2.80. The number of halogens is 3. The van der Waals surface area contributed by atoms with Gasteiger partial charge < -0.3 is 15.0 Å². The van der Waals surface area contributed by atoms with Crippen molar-refractivity contribution in [1.29, 1.82) is 0 Å². The molecule has 1 N–H and O–H groups in total. The number of hydrogen-bond acceptors (Lipinski definition) is 5. The number of esters is 1. The molecule has 0 aliphatic heterocycles. The molecule has 34 heavy (non-hydrogen) atoms. The zero-order valence-corrected chi connectivity index (χ0v) is 19.1. The third kappa shape index (κ3) is 6.69. The van der Waals surface area contributed by atoms with Crippen LogP contribution >= 0.6 is 0 Å². The lowest BCUT2D eigenvalue weighted by Crippen LogP contribution is -2.34. The highest BCUT2D eigenvalue weighted by Gasteiger charge is 2.29. The molecule has 0 saturated carbocycles. The van der Waals surface area contributed by atoms with Gasteiger partial charge in [-0.2, -0.15) is 13.2 Å². The van der Waals surface area contributed by atoms with E-state index in [-0.39, 0.29) is 30.9 Å². The highest BCUT2D eigenvalue weighted by Crippen LogP contribution is 2.29.